The van der Waals surface area contributed by atoms with E-state index >= 15 is 0 Å². The number of anilines is 1. The minimum atomic E-state index is -0.0136. The molecular weight excluding hydrogens is 414 g/mol. The number of ether oxygens (including phenoxy) is 1. The third-order valence-electron chi connectivity index (χ3n) is 5.54. The molecule has 7 heteroatoms. The van der Waals surface area contributed by atoms with E-state index in [-0.39, 0.29) is 11.8 Å². The van der Waals surface area contributed by atoms with E-state index in [0.29, 0.717) is 30.1 Å². The Hall–Kier alpha value is -3.60. The normalized spacial score (nSPS) is 12.8. The predicted octanol–water partition coefficient (Wildman–Crippen LogP) is 3.69. The number of carbonyl (C=O) groups is 1. The van der Waals surface area contributed by atoms with E-state index in [1.54, 1.807) is 25.4 Å². The molecule has 0 saturated heterocycles. The lowest BCUT2D eigenvalue weighted by Crippen LogP contribution is -2.18. The second kappa shape index (κ2) is 10.8. The van der Waals surface area contributed by atoms with Gasteiger partial charge in [-0.15, -0.1) is 0 Å². The summed E-state index contributed by atoms with van der Waals surface area (Å²) in [6.07, 6.45) is 4.19. The Morgan fingerprint density at radius 2 is 1.94 bits per heavy atom. The number of nitrogens with one attached hydrogen (secondary N) is 2. The Labute approximate surface area is 193 Å². The van der Waals surface area contributed by atoms with Crippen LogP contribution >= 0.6 is 0 Å². The minimum absolute atomic E-state index is 0.0136. The zero-order chi connectivity index (χ0) is 23.0. The van der Waals surface area contributed by atoms with Crippen molar-refractivity contribution in [3.05, 3.63) is 77.2 Å². The maximum Gasteiger partial charge on any atom is 0.227 e. The number of hydrogen-bond acceptors (Lipinski definition) is 6. The number of nitriles is 1. The quantitative estimate of drug-likeness (QED) is 0.466. The van der Waals surface area contributed by atoms with E-state index in [4.69, 9.17) is 9.72 Å². The maximum atomic E-state index is 12.1. The van der Waals surface area contributed by atoms with E-state index in [0.717, 1.165) is 42.8 Å². The Bertz CT molecular complexity index is 1150. The number of methoxy groups -OCH3 is 1. The van der Waals surface area contributed by atoms with Gasteiger partial charge in [-0.1, -0.05) is 30.3 Å². The lowest BCUT2D eigenvalue weighted by Gasteiger charge is -2.09. The Morgan fingerprint density at radius 1 is 1.15 bits per heavy atom. The predicted molar refractivity (Wildman–Crippen MR) is 126 cm³/mol. The summed E-state index contributed by atoms with van der Waals surface area (Å²) in [6, 6.07) is 17.8. The Balaban J connectivity index is 1.43. The summed E-state index contributed by atoms with van der Waals surface area (Å²) in [7, 11) is 1.69. The van der Waals surface area contributed by atoms with Gasteiger partial charge in [-0.3, -0.25) is 4.79 Å². The summed E-state index contributed by atoms with van der Waals surface area (Å²) >= 11 is 0. The highest BCUT2D eigenvalue weighted by atomic mass is 16.5. The maximum absolute atomic E-state index is 12.1. The highest BCUT2D eigenvalue weighted by Crippen LogP contribution is 2.31. The third-order valence-corrected chi connectivity index (χ3v) is 5.54. The largest absolute Gasteiger partial charge is 0.383 e. The zero-order valence-electron chi connectivity index (χ0n) is 18.7. The van der Waals surface area contributed by atoms with E-state index in [1.165, 1.54) is 5.56 Å². The number of rotatable bonds is 10. The number of nitrogens with zero attached hydrogens (tertiary/aromatic N) is 3. The number of hydrogen-bond donors (Lipinski definition) is 2. The molecule has 7 nitrogen and oxygen atoms in total. The zero-order valence-corrected chi connectivity index (χ0v) is 18.7. The van der Waals surface area contributed by atoms with Gasteiger partial charge in [-0.05, 0) is 42.2 Å². The molecule has 1 aliphatic carbocycles. The van der Waals surface area contributed by atoms with Crippen molar-refractivity contribution in [2.24, 2.45) is 5.92 Å². The lowest BCUT2D eigenvalue weighted by molar-refractivity contribution is -0.117. The fourth-order valence-corrected chi connectivity index (χ4v) is 3.49. The molecule has 0 aliphatic heterocycles. The number of aromatic nitrogens is 2. The lowest BCUT2D eigenvalue weighted by atomic mass is 10.1. The summed E-state index contributed by atoms with van der Waals surface area (Å²) in [5.41, 5.74) is 4.87. The van der Waals surface area contributed by atoms with Gasteiger partial charge in [0.05, 0.1) is 23.6 Å². The van der Waals surface area contributed by atoms with Crippen molar-refractivity contribution in [3.63, 3.8) is 0 Å². The third kappa shape index (κ3) is 6.22. The van der Waals surface area contributed by atoms with Crippen LogP contribution in [-0.2, 0) is 22.5 Å². The van der Waals surface area contributed by atoms with E-state index < -0.39 is 0 Å². The van der Waals surface area contributed by atoms with Crippen LogP contribution in [0.25, 0.3) is 11.3 Å². The SMILES string of the molecule is COCCNCc1ccc(Cc2nccc(-c3ccc(NC(=O)C4CC4)c(C#N)c3)n2)cc1. The van der Waals surface area contributed by atoms with Crippen LogP contribution in [0.2, 0.25) is 0 Å². The molecule has 1 fully saturated rings. The molecule has 1 aliphatic rings. The van der Waals surface area contributed by atoms with Gasteiger partial charge in [0.1, 0.15) is 11.9 Å². The van der Waals surface area contributed by atoms with Crippen LogP contribution in [0.3, 0.4) is 0 Å². The first-order valence-electron chi connectivity index (χ1n) is 11.1. The molecule has 168 valence electrons. The molecule has 0 atom stereocenters. The van der Waals surface area contributed by atoms with Crippen molar-refractivity contribution < 1.29 is 9.53 Å². The molecule has 0 bridgehead atoms. The van der Waals surface area contributed by atoms with E-state index in [1.807, 2.05) is 12.1 Å². The molecule has 4 rings (SSSR count). The van der Waals surface area contributed by atoms with Gasteiger partial charge < -0.3 is 15.4 Å². The van der Waals surface area contributed by atoms with E-state index in [2.05, 4.69) is 46.0 Å². The van der Waals surface area contributed by atoms with Crippen LogP contribution in [0, 0.1) is 17.2 Å². The molecule has 0 spiro atoms. The fourth-order valence-electron chi connectivity index (χ4n) is 3.49. The van der Waals surface area contributed by atoms with E-state index in [9.17, 15) is 10.1 Å². The number of benzene rings is 2. The van der Waals surface area contributed by atoms with Gasteiger partial charge in [0.2, 0.25) is 5.91 Å². The highest BCUT2D eigenvalue weighted by molar-refractivity contribution is 5.95. The van der Waals surface area contributed by atoms with Crippen molar-refractivity contribution in [3.8, 4) is 17.3 Å². The van der Waals surface area contributed by atoms with Crippen molar-refractivity contribution in [2.45, 2.75) is 25.8 Å². The minimum Gasteiger partial charge on any atom is -0.383 e. The standard InChI is InChI=1S/C26H27N5O2/c1-33-13-12-28-17-19-4-2-18(3-5-19)14-25-29-11-10-24(30-25)21-8-9-23(22(15-21)16-27)31-26(32)20-6-7-20/h2-5,8-11,15,20,28H,6-7,12-14,17H2,1H3,(H,31,32). The number of amides is 1. The van der Waals surface area contributed by atoms with Crippen LogP contribution in [0.1, 0.15) is 35.4 Å². The molecular formula is C26H27N5O2. The molecule has 3 aromatic rings. The molecule has 0 radical (unpaired) electrons. The summed E-state index contributed by atoms with van der Waals surface area (Å²) in [5, 5.41) is 15.8. The Morgan fingerprint density at radius 3 is 2.67 bits per heavy atom. The topological polar surface area (TPSA) is 99.9 Å². The van der Waals surface area contributed by atoms with Crippen LogP contribution in [0.4, 0.5) is 5.69 Å². The molecule has 0 unspecified atom stereocenters. The molecule has 1 amide bonds. The van der Waals surface area contributed by atoms with Crippen molar-refractivity contribution in [1.29, 1.82) is 5.26 Å². The molecule has 1 heterocycles. The summed E-state index contributed by atoms with van der Waals surface area (Å²) in [5.74, 6) is 0.782. The van der Waals surface area contributed by atoms with Gasteiger partial charge in [-0.2, -0.15) is 5.26 Å². The first-order chi connectivity index (χ1) is 16.2. The number of carbonyl (C=O) groups excluding carboxylic acids is 1. The molecule has 2 N–H and O–H groups in total. The van der Waals surface area contributed by atoms with Crippen molar-refractivity contribution >= 4 is 11.6 Å². The van der Waals surface area contributed by atoms with Crippen molar-refractivity contribution in [1.82, 2.24) is 15.3 Å². The molecule has 1 saturated carbocycles. The first-order valence-corrected chi connectivity index (χ1v) is 11.1. The van der Waals surface area contributed by atoms with Crippen molar-refractivity contribution in [2.75, 3.05) is 25.6 Å². The average molecular weight is 442 g/mol. The van der Waals surface area contributed by atoms with Gasteiger partial charge >= 0.3 is 0 Å². The van der Waals surface area contributed by atoms with Crippen LogP contribution in [0.15, 0.2) is 54.7 Å². The monoisotopic (exact) mass is 441 g/mol. The summed E-state index contributed by atoms with van der Waals surface area (Å²) in [4.78, 5) is 21.2. The fraction of sp³-hybridized carbons (Fsp3) is 0.308. The van der Waals surface area contributed by atoms with Crippen LogP contribution in [-0.4, -0.2) is 36.1 Å². The van der Waals surface area contributed by atoms with Gasteiger partial charge in [-0.25, -0.2) is 9.97 Å². The molecule has 2 aromatic carbocycles. The smallest absolute Gasteiger partial charge is 0.227 e. The molecule has 33 heavy (non-hydrogen) atoms. The Kier molecular flexibility index (Phi) is 7.40. The second-order valence-corrected chi connectivity index (χ2v) is 8.16. The summed E-state index contributed by atoms with van der Waals surface area (Å²) < 4.78 is 5.04. The van der Waals surface area contributed by atoms with Crippen LogP contribution < -0.4 is 10.6 Å². The second-order valence-electron chi connectivity index (χ2n) is 8.16. The van der Waals surface area contributed by atoms with Gasteiger partial charge in [0.15, 0.2) is 0 Å². The average Bonchev–Trinajstić information content (AvgIpc) is 3.69. The summed E-state index contributed by atoms with van der Waals surface area (Å²) in [6.45, 7) is 2.31. The van der Waals surface area contributed by atoms with Crippen LogP contribution in [0.5, 0.6) is 0 Å². The van der Waals surface area contributed by atoms with Gasteiger partial charge in [0, 0.05) is 44.3 Å². The first kappa shape index (κ1) is 22.6. The molecule has 1 aromatic heterocycles. The van der Waals surface area contributed by atoms with Gasteiger partial charge in [0.25, 0.3) is 0 Å². The highest BCUT2D eigenvalue weighted by Gasteiger charge is 2.30.